The van der Waals surface area contributed by atoms with E-state index in [1.807, 2.05) is 0 Å². The monoisotopic (exact) mass is 270 g/mol. The Morgan fingerprint density at radius 2 is 1.65 bits per heavy atom. The van der Waals surface area contributed by atoms with Crippen LogP contribution in [0.1, 0.15) is 12.0 Å². The Morgan fingerprint density at radius 3 is 2.12 bits per heavy atom. The zero-order valence-corrected chi connectivity index (χ0v) is 11.2. The first-order valence-corrected chi connectivity index (χ1v) is 6.71. The van der Waals surface area contributed by atoms with Crippen LogP contribution in [0.3, 0.4) is 0 Å². The van der Waals surface area contributed by atoms with Crippen LogP contribution in [0.4, 0.5) is 5.69 Å². The minimum Gasteiger partial charge on any atom is -0.369 e. The highest BCUT2D eigenvalue weighted by Gasteiger charge is 2.04. The van der Waals surface area contributed by atoms with Gasteiger partial charge in [-0.05, 0) is 24.1 Å². The predicted molar refractivity (Wildman–Crippen MR) is 74.0 cm³/mol. The maximum atomic E-state index is 8.52. The Morgan fingerprint density at radius 1 is 1.06 bits per heavy atom. The SMILES string of the molecule is N#CCCc1ccc(N(CCCl)CCCl)cc1. The Hall–Kier alpha value is -0.910. The molecule has 0 amide bonds. The summed E-state index contributed by atoms with van der Waals surface area (Å²) < 4.78 is 0. The zero-order chi connectivity index (χ0) is 12.5. The van der Waals surface area contributed by atoms with Gasteiger partial charge in [-0.2, -0.15) is 5.26 Å². The van der Waals surface area contributed by atoms with Crippen molar-refractivity contribution in [1.29, 1.82) is 5.26 Å². The Bertz CT molecular complexity index is 351. The van der Waals surface area contributed by atoms with Gasteiger partial charge in [0.1, 0.15) is 0 Å². The van der Waals surface area contributed by atoms with Crippen LogP contribution in [0.5, 0.6) is 0 Å². The van der Waals surface area contributed by atoms with Crippen LogP contribution >= 0.6 is 23.2 Å². The van der Waals surface area contributed by atoms with E-state index < -0.39 is 0 Å². The van der Waals surface area contributed by atoms with E-state index in [2.05, 4.69) is 35.2 Å². The zero-order valence-electron chi connectivity index (χ0n) is 9.70. The summed E-state index contributed by atoms with van der Waals surface area (Å²) in [6.45, 7) is 1.59. The van der Waals surface area contributed by atoms with Gasteiger partial charge in [0.2, 0.25) is 0 Å². The average molecular weight is 271 g/mol. The second kappa shape index (κ2) is 8.22. The molecule has 0 aliphatic heterocycles. The van der Waals surface area contributed by atoms with Gasteiger partial charge in [-0.1, -0.05) is 12.1 Å². The molecule has 0 fully saturated rings. The third kappa shape index (κ3) is 4.85. The number of nitriles is 1. The van der Waals surface area contributed by atoms with Crippen molar-refractivity contribution < 1.29 is 0 Å². The van der Waals surface area contributed by atoms with Crippen molar-refractivity contribution in [3.63, 3.8) is 0 Å². The van der Waals surface area contributed by atoms with E-state index in [0.29, 0.717) is 18.2 Å². The van der Waals surface area contributed by atoms with E-state index in [1.165, 1.54) is 5.56 Å². The van der Waals surface area contributed by atoms with Gasteiger partial charge >= 0.3 is 0 Å². The van der Waals surface area contributed by atoms with Crippen LogP contribution in [0, 0.1) is 11.3 Å². The smallest absolute Gasteiger partial charge is 0.0625 e. The molecular formula is C13H16Cl2N2. The Balaban J connectivity index is 2.66. The van der Waals surface area contributed by atoms with E-state index in [-0.39, 0.29) is 0 Å². The molecule has 0 saturated heterocycles. The number of benzene rings is 1. The van der Waals surface area contributed by atoms with Gasteiger partial charge in [0.05, 0.1) is 6.07 Å². The summed E-state index contributed by atoms with van der Waals surface area (Å²) in [5.41, 5.74) is 2.32. The van der Waals surface area contributed by atoms with Crippen LogP contribution in [-0.2, 0) is 6.42 Å². The van der Waals surface area contributed by atoms with Gasteiger partial charge in [-0.3, -0.25) is 0 Å². The number of hydrogen-bond acceptors (Lipinski definition) is 2. The van der Waals surface area contributed by atoms with Crippen molar-refractivity contribution in [3.8, 4) is 6.07 Å². The first-order valence-electron chi connectivity index (χ1n) is 5.64. The standard InChI is InChI=1S/C13H16Cl2N2/c14-7-10-17(11-8-15)13-5-3-12(4-6-13)2-1-9-16/h3-6H,1-2,7-8,10-11H2. The van der Waals surface area contributed by atoms with Crippen LogP contribution in [-0.4, -0.2) is 24.8 Å². The van der Waals surface area contributed by atoms with Gasteiger partial charge in [0, 0.05) is 37.0 Å². The van der Waals surface area contributed by atoms with Crippen molar-refractivity contribution in [2.45, 2.75) is 12.8 Å². The molecule has 4 heteroatoms. The molecule has 0 saturated carbocycles. The molecule has 0 aromatic heterocycles. The summed E-state index contributed by atoms with van der Waals surface area (Å²) >= 11 is 11.5. The summed E-state index contributed by atoms with van der Waals surface area (Å²) in [6.07, 6.45) is 1.37. The summed E-state index contributed by atoms with van der Waals surface area (Å²) in [4.78, 5) is 2.16. The quantitative estimate of drug-likeness (QED) is 0.710. The Labute approximate surface area is 113 Å². The lowest BCUT2D eigenvalue weighted by Gasteiger charge is -2.22. The predicted octanol–water partition coefficient (Wildman–Crippen LogP) is 3.43. The molecule has 0 unspecified atom stereocenters. The molecule has 0 radical (unpaired) electrons. The molecule has 0 bridgehead atoms. The molecule has 0 atom stereocenters. The van der Waals surface area contributed by atoms with Crippen LogP contribution in [0.15, 0.2) is 24.3 Å². The lowest BCUT2D eigenvalue weighted by molar-refractivity contribution is 0.872. The van der Waals surface area contributed by atoms with Crippen molar-refractivity contribution in [2.75, 3.05) is 29.7 Å². The topological polar surface area (TPSA) is 27.0 Å². The van der Waals surface area contributed by atoms with Gasteiger partial charge in [-0.15, -0.1) is 23.2 Å². The average Bonchev–Trinajstić information content (AvgIpc) is 2.37. The van der Waals surface area contributed by atoms with Gasteiger partial charge < -0.3 is 4.90 Å². The highest BCUT2D eigenvalue weighted by atomic mass is 35.5. The highest BCUT2D eigenvalue weighted by molar-refractivity contribution is 6.18. The fraction of sp³-hybridized carbons (Fsp3) is 0.462. The molecule has 1 rings (SSSR count). The largest absolute Gasteiger partial charge is 0.369 e. The molecule has 92 valence electrons. The van der Waals surface area contributed by atoms with Gasteiger partial charge in [0.15, 0.2) is 0 Å². The van der Waals surface area contributed by atoms with Crippen LogP contribution in [0.25, 0.3) is 0 Å². The maximum absolute atomic E-state index is 8.52. The first-order chi connectivity index (χ1) is 8.31. The van der Waals surface area contributed by atoms with Crippen LogP contribution in [0.2, 0.25) is 0 Å². The molecule has 0 aliphatic carbocycles. The number of aryl methyl sites for hydroxylation is 1. The first kappa shape index (κ1) is 14.2. The molecule has 1 aromatic rings. The number of anilines is 1. The van der Waals surface area contributed by atoms with Crippen molar-refractivity contribution in [3.05, 3.63) is 29.8 Å². The van der Waals surface area contributed by atoms with E-state index in [4.69, 9.17) is 28.5 Å². The van der Waals surface area contributed by atoms with Gasteiger partial charge in [0.25, 0.3) is 0 Å². The summed E-state index contributed by atoms with van der Waals surface area (Å²) in [5.74, 6) is 1.18. The fourth-order valence-electron chi connectivity index (χ4n) is 1.65. The lowest BCUT2D eigenvalue weighted by Crippen LogP contribution is -2.27. The molecular weight excluding hydrogens is 255 g/mol. The van der Waals surface area contributed by atoms with Crippen molar-refractivity contribution in [1.82, 2.24) is 0 Å². The third-order valence-corrected chi connectivity index (χ3v) is 2.87. The van der Waals surface area contributed by atoms with E-state index >= 15 is 0 Å². The molecule has 0 N–H and O–H groups in total. The fourth-order valence-corrected chi connectivity index (χ4v) is 2.06. The second-order valence-corrected chi connectivity index (χ2v) is 4.45. The van der Waals surface area contributed by atoms with E-state index in [1.54, 1.807) is 0 Å². The van der Waals surface area contributed by atoms with E-state index in [9.17, 15) is 0 Å². The summed E-state index contributed by atoms with van der Waals surface area (Å²) in [6, 6.07) is 10.4. The number of alkyl halides is 2. The normalized spacial score (nSPS) is 9.94. The van der Waals surface area contributed by atoms with E-state index in [0.717, 1.165) is 25.2 Å². The Kier molecular flexibility index (Phi) is 6.84. The molecule has 0 spiro atoms. The molecule has 2 nitrogen and oxygen atoms in total. The third-order valence-electron chi connectivity index (χ3n) is 2.54. The van der Waals surface area contributed by atoms with Crippen molar-refractivity contribution >= 4 is 28.9 Å². The summed E-state index contributed by atoms with van der Waals surface area (Å²) in [5, 5.41) is 8.52. The van der Waals surface area contributed by atoms with Crippen molar-refractivity contribution in [2.24, 2.45) is 0 Å². The minimum absolute atomic E-state index is 0.562. The maximum Gasteiger partial charge on any atom is 0.0625 e. The lowest BCUT2D eigenvalue weighted by atomic mass is 10.1. The van der Waals surface area contributed by atoms with Crippen LogP contribution < -0.4 is 4.90 Å². The second-order valence-electron chi connectivity index (χ2n) is 3.69. The molecule has 0 heterocycles. The minimum atomic E-state index is 0.562. The molecule has 0 aliphatic rings. The molecule has 17 heavy (non-hydrogen) atoms. The molecule has 1 aromatic carbocycles. The number of nitrogens with zero attached hydrogens (tertiary/aromatic N) is 2. The van der Waals surface area contributed by atoms with Gasteiger partial charge in [-0.25, -0.2) is 0 Å². The number of rotatable bonds is 7. The highest BCUT2D eigenvalue weighted by Crippen LogP contribution is 2.16. The summed E-state index contributed by atoms with van der Waals surface area (Å²) in [7, 11) is 0. The number of hydrogen-bond donors (Lipinski definition) is 0. The number of halogens is 2.